The lowest BCUT2D eigenvalue weighted by atomic mass is 9.95. The maximum absolute atomic E-state index is 6.12. The minimum absolute atomic E-state index is 0.169. The minimum atomic E-state index is 0.169. The number of benzene rings is 1. The van der Waals surface area contributed by atoms with Crippen molar-refractivity contribution in [2.75, 3.05) is 13.2 Å². The number of nitrogens with two attached hydrogens (primary N) is 1. The van der Waals surface area contributed by atoms with Crippen molar-refractivity contribution in [2.24, 2.45) is 11.7 Å². The summed E-state index contributed by atoms with van der Waals surface area (Å²) in [6.07, 6.45) is 2.21. The van der Waals surface area contributed by atoms with Gasteiger partial charge in [0, 0.05) is 19.3 Å². The van der Waals surface area contributed by atoms with Crippen LogP contribution in [0, 0.1) is 5.92 Å². The van der Waals surface area contributed by atoms with Gasteiger partial charge in [-0.1, -0.05) is 30.3 Å². The molecule has 1 aliphatic heterocycles. The quantitative estimate of drug-likeness (QED) is 0.794. The Labute approximate surface area is 85.1 Å². The molecule has 0 amide bonds. The average Bonchev–Trinajstić information content (AvgIpc) is 2.72. The molecule has 2 atom stereocenters. The lowest BCUT2D eigenvalue weighted by Crippen LogP contribution is -2.15. The van der Waals surface area contributed by atoms with Crippen molar-refractivity contribution in [3.63, 3.8) is 0 Å². The Morgan fingerprint density at radius 3 is 2.79 bits per heavy atom. The molecule has 0 saturated carbocycles. The fourth-order valence-corrected chi connectivity index (χ4v) is 1.96. The minimum Gasteiger partial charge on any atom is -0.381 e. The van der Waals surface area contributed by atoms with Gasteiger partial charge in [-0.05, 0) is 24.3 Å². The highest BCUT2D eigenvalue weighted by atomic mass is 16.5. The van der Waals surface area contributed by atoms with Crippen LogP contribution in [0.15, 0.2) is 30.3 Å². The van der Waals surface area contributed by atoms with E-state index in [1.54, 1.807) is 0 Å². The highest BCUT2D eigenvalue weighted by molar-refractivity contribution is 5.18. The van der Waals surface area contributed by atoms with E-state index in [2.05, 4.69) is 12.1 Å². The first-order valence-corrected chi connectivity index (χ1v) is 5.24. The molecule has 1 aliphatic rings. The van der Waals surface area contributed by atoms with Gasteiger partial charge in [0.25, 0.3) is 0 Å². The average molecular weight is 191 g/mol. The Bertz CT molecular complexity index is 267. The van der Waals surface area contributed by atoms with Crippen molar-refractivity contribution < 1.29 is 4.74 Å². The Hall–Kier alpha value is -0.860. The van der Waals surface area contributed by atoms with Crippen LogP contribution in [0.25, 0.3) is 0 Å². The van der Waals surface area contributed by atoms with Gasteiger partial charge in [-0.3, -0.25) is 0 Å². The van der Waals surface area contributed by atoms with Crippen LogP contribution in [0.2, 0.25) is 0 Å². The smallest absolute Gasteiger partial charge is 0.0495 e. The molecule has 1 aromatic carbocycles. The number of hydrogen-bond donors (Lipinski definition) is 1. The van der Waals surface area contributed by atoms with E-state index in [9.17, 15) is 0 Å². The number of rotatable bonds is 3. The summed E-state index contributed by atoms with van der Waals surface area (Å²) in [5.74, 6) is 0.658. The molecule has 2 rings (SSSR count). The van der Waals surface area contributed by atoms with Crippen molar-refractivity contribution in [1.82, 2.24) is 0 Å². The predicted molar refractivity (Wildman–Crippen MR) is 56.9 cm³/mol. The van der Waals surface area contributed by atoms with Crippen LogP contribution < -0.4 is 5.73 Å². The predicted octanol–water partition coefficient (Wildman–Crippen LogP) is 2.11. The molecule has 2 nitrogen and oxygen atoms in total. The third kappa shape index (κ3) is 2.34. The maximum Gasteiger partial charge on any atom is 0.0495 e. The molecule has 1 heterocycles. The van der Waals surface area contributed by atoms with Crippen molar-refractivity contribution in [2.45, 2.75) is 18.9 Å². The summed E-state index contributed by atoms with van der Waals surface area (Å²) in [7, 11) is 0. The van der Waals surface area contributed by atoms with Crippen molar-refractivity contribution in [3.05, 3.63) is 35.9 Å². The molecular formula is C12H17NO. The molecule has 0 bridgehead atoms. The Morgan fingerprint density at radius 1 is 1.36 bits per heavy atom. The molecule has 2 N–H and O–H groups in total. The van der Waals surface area contributed by atoms with Gasteiger partial charge in [-0.25, -0.2) is 0 Å². The third-order valence-electron chi connectivity index (χ3n) is 2.84. The largest absolute Gasteiger partial charge is 0.381 e. The molecule has 0 unspecified atom stereocenters. The standard InChI is InChI=1S/C12H17NO/c13-12(8-10-6-7-14-9-10)11-4-2-1-3-5-11/h1-5,10,12H,6-9,13H2/t10-,12+/m0/s1. The normalized spacial score (nSPS) is 23.6. The van der Waals surface area contributed by atoms with Crippen molar-refractivity contribution >= 4 is 0 Å². The van der Waals surface area contributed by atoms with Gasteiger partial charge in [0.15, 0.2) is 0 Å². The summed E-state index contributed by atoms with van der Waals surface area (Å²) in [6, 6.07) is 10.5. The van der Waals surface area contributed by atoms with E-state index in [-0.39, 0.29) is 6.04 Å². The van der Waals surface area contributed by atoms with Gasteiger partial charge in [0.05, 0.1) is 0 Å². The molecule has 1 fully saturated rings. The molecule has 2 heteroatoms. The second-order valence-electron chi connectivity index (χ2n) is 3.98. The van der Waals surface area contributed by atoms with E-state index in [0.29, 0.717) is 5.92 Å². The lowest BCUT2D eigenvalue weighted by molar-refractivity contribution is 0.182. The van der Waals surface area contributed by atoms with Gasteiger partial charge >= 0.3 is 0 Å². The van der Waals surface area contributed by atoms with Gasteiger partial charge in [-0.2, -0.15) is 0 Å². The molecule has 0 spiro atoms. The summed E-state index contributed by atoms with van der Waals surface area (Å²) in [5.41, 5.74) is 7.35. The molecule has 14 heavy (non-hydrogen) atoms. The molecule has 1 aromatic rings. The molecule has 0 aliphatic carbocycles. The van der Waals surface area contributed by atoms with Crippen molar-refractivity contribution in [3.8, 4) is 0 Å². The molecule has 0 aromatic heterocycles. The third-order valence-corrected chi connectivity index (χ3v) is 2.84. The number of hydrogen-bond acceptors (Lipinski definition) is 2. The first-order chi connectivity index (χ1) is 6.86. The molecule has 76 valence electrons. The van der Waals surface area contributed by atoms with Gasteiger partial charge in [-0.15, -0.1) is 0 Å². The fourth-order valence-electron chi connectivity index (χ4n) is 1.96. The van der Waals surface area contributed by atoms with Crippen LogP contribution in [0.5, 0.6) is 0 Å². The van der Waals surface area contributed by atoms with Crippen LogP contribution in [-0.2, 0) is 4.74 Å². The number of ether oxygens (including phenoxy) is 1. The van der Waals surface area contributed by atoms with E-state index < -0.39 is 0 Å². The summed E-state index contributed by atoms with van der Waals surface area (Å²) in [4.78, 5) is 0. The van der Waals surface area contributed by atoms with Gasteiger partial charge in [0.2, 0.25) is 0 Å². The first-order valence-electron chi connectivity index (χ1n) is 5.24. The van der Waals surface area contributed by atoms with Crippen LogP contribution in [0.1, 0.15) is 24.4 Å². The van der Waals surface area contributed by atoms with E-state index in [4.69, 9.17) is 10.5 Å². The Balaban J connectivity index is 1.92. The van der Waals surface area contributed by atoms with Gasteiger partial charge in [0.1, 0.15) is 0 Å². The first kappa shape index (κ1) is 9.69. The lowest BCUT2D eigenvalue weighted by Gasteiger charge is -2.15. The van der Waals surface area contributed by atoms with E-state index >= 15 is 0 Å². The SMILES string of the molecule is N[C@H](C[C@@H]1CCOC1)c1ccccc1. The highest BCUT2D eigenvalue weighted by Crippen LogP contribution is 2.24. The van der Waals surface area contributed by atoms with Crippen LogP contribution in [0.3, 0.4) is 0 Å². The molecule has 1 saturated heterocycles. The summed E-state index contributed by atoms with van der Waals surface area (Å²) < 4.78 is 5.34. The molecular weight excluding hydrogens is 174 g/mol. The maximum atomic E-state index is 6.12. The second-order valence-corrected chi connectivity index (χ2v) is 3.98. The van der Waals surface area contributed by atoms with E-state index in [1.165, 1.54) is 12.0 Å². The Kier molecular flexibility index (Phi) is 3.17. The zero-order chi connectivity index (χ0) is 9.80. The highest BCUT2D eigenvalue weighted by Gasteiger charge is 2.19. The monoisotopic (exact) mass is 191 g/mol. The van der Waals surface area contributed by atoms with Crippen LogP contribution in [0.4, 0.5) is 0 Å². The van der Waals surface area contributed by atoms with Crippen LogP contribution in [-0.4, -0.2) is 13.2 Å². The zero-order valence-corrected chi connectivity index (χ0v) is 8.36. The van der Waals surface area contributed by atoms with Gasteiger partial charge < -0.3 is 10.5 Å². The topological polar surface area (TPSA) is 35.2 Å². The second kappa shape index (κ2) is 4.58. The van der Waals surface area contributed by atoms with Crippen molar-refractivity contribution in [1.29, 1.82) is 0 Å². The summed E-state index contributed by atoms with van der Waals surface area (Å²) >= 11 is 0. The van der Waals surface area contributed by atoms with E-state index in [1.807, 2.05) is 18.2 Å². The van der Waals surface area contributed by atoms with Crippen LogP contribution >= 0.6 is 0 Å². The zero-order valence-electron chi connectivity index (χ0n) is 8.36. The Morgan fingerprint density at radius 2 is 2.14 bits per heavy atom. The summed E-state index contributed by atoms with van der Waals surface area (Å²) in [5, 5.41) is 0. The fraction of sp³-hybridized carbons (Fsp3) is 0.500. The molecule has 0 radical (unpaired) electrons. The van der Waals surface area contributed by atoms with E-state index in [0.717, 1.165) is 19.6 Å². The summed E-state index contributed by atoms with van der Waals surface area (Å²) in [6.45, 7) is 1.80.